The Bertz CT molecular complexity index is 946. The molecule has 1 heterocycles. The molecule has 0 saturated heterocycles. The van der Waals surface area contributed by atoms with Gasteiger partial charge in [-0.25, -0.2) is 4.98 Å². The van der Waals surface area contributed by atoms with E-state index in [1.807, 2.05) is 24.3 Å². The molecular formula is C22H25ClN2O2. The number of ether oxygens (including phenoxy) is 2. The summed E-state index contributed by atoms with van der Waals surface area (Å²) in [5, 5.41) is 1.63. The van der Waals surface area contributed by atoms with Gasteiger partial charge in [-0.1, -0.05) is 23.7 Å². The normalized spacial score (nSPS) is 10.9. The van der Waals surface area contributed by atoms with Gasteiger partial charge in [0.1, 0.15) is 11.5 Å². The Kier molecular flexibility index (Phi) is 5.76. The molecule has 1 aromatic heterocycles. The van der Waals surface area contributed by atoms with Crippen LogP contribution in [0.15, 0.2) is 36.4 Å². The molecule has 0 amide bonds. The number of benzene rings is 2. The molecule has 0 aliphatic heterocycles. The number of fused-ring (bicyclic) bond motifs is 1. The zero-order valence-electron chi connectivity index (χ0n) is 16.5. The van der Waals surface area contributed by atoms with E-state index in [0.29, 0.717) is 22.2 Å². The molecule has 0 aliphatic rings. The Balaban J connectivity index is 2.33. The molecule has 142 valence electrons. The van der Waals surface area contributed by atoms with Crippen molar-refractivity contribution in [2.75, 3.05) is 32.2 Å². The second-order valence-corrected chi connectivity index (χ2v) is 6.73. The number of hydrogen-bond donors (Lipinski definition) is 0. The van der Waals surface area contributed by atoms with Crippen LogP contribution in [0.4, 0.5) is 5.69 Å². The van der Waals surface area contributed by atoms with E-state index >= 15 is 0 Å². The van der Waals surface area contributed by atoms with Crippen molar-refractivity contribution in [2.45, 2.75) is 20.8 Å². The minimum Gasteiger partial charge on any atom is -0.496 e. The minimum atomic E-state index is 0.573. The topological polar surface area (TPSA) is 34.6 Å². The lowest BCUT2D eigenvalue weighted by Crippen LogP contribution is -2.22. The number of anilines is 1. The lowest BCUT2D eigenvalue weighted by atomic mass is 10.0. The molecule has 0 saturated carbocycles. The number of aromatic nitrogens is 1. The van der Waals surface area contributed by atoms with Crippen molar-refractivity contribution >= 4 is 28.2 Å². The molecule has 0 radical (unpaired) electrons. The average molecular weight is 385 g/mol. The largest absolute Gasteiger partial charge is 0.496 e. The van der Waals surface area contributed by atoms with E-state index in [2.05, 4.69) is 37.8 Å². The summed E-state index contributed by atoms with van der Waals surface area (Å²) in [6.45, 7) is 8.22. The van der Waals surface area contributed by atoms with Crippen LogP contribution in [0.2, 0.25) is 5.02 Å². The van der Waals surface area contributed by atoms with Gasteiger partial charge >= 0.3 is 0 Å². The molecule has 0 unspecified atom stereocenters. The first-order chi connectivity index (χ1) is 13.0. The van der Waals surface area contributed by atoms with Crippen LogP contribution in [0.3, 0.4) is 0 Å². The highest BCUT2D eigenvalue weighted by molar-refractivity contribution is 6.34. The first kappa shape index (κ1) is 19.3. The maximum absolute atomic E-state index is 6.72. The quantitative estimate of drug-likeness (QED) is 0.543. The Morgan fingerprint density at radius 3 is 2.19 bits per heavy atom. The minimum absolute atomic E-state index is 0.573. The molecule has 0 aliphatic carbocycles. The van der Waals surface area contributed by atoms with Crippen molar-refractivity contribution in [1.29, 1.82) is 0 Å². The number of rotatable bonds is 6. The van der Waals surface area contributed by atoms with Crippen molar-refractivity contribution in [1.82, 2.24) is 4.98 Å². The molecule has 0 N–H and O–H groups in total. The summed E-state index contributed by atoms with van der Waals surface area (Å²) in [5.74, 6) is 1.36. The first-order valence-corrected chi connectivity index (χ1v) is 9.49. The van der Waals surface area contributed by atoms with Crippen LogP contribution < -0.4 is 14.4 Å². The van der Waals surface area contributed by atoms with Gasteiger partial charge in [0.25, 0.3) is 0 Å². The molecule has 0 atom stereocenters. The molecule has 3 aromatic rings. The molecule has 0 bridgehead atoms. The fraction of sp³-hybridized carbons (Fsp3) is 0.318. The van der Waals surface area contributed by atoms with E-state index in [1.165, 1.54) is 0 Å². The zero-order valence-corrected chi connectivity index (χ0v) is 17.2. The third-order valence-electron chi connectivity index (χ3n) is 4.89. The lowest BCUT2D eigenvalue weighted by molar-refractivity contribution is 0.397. The highest BCUT2D eigenvalue weighted by Crippen LogP contribution is 2.42. The summed E-state index contributed by atoms with van der Waals surface area (Å²) in [5.41, 5.74) is 4.62. The van der Waals surface area contributed by atoms with Crippen LogP contribution in [0, 0.1) is 6.92 Å². The van der Waals surface area contributed by atoms with E-state index in [0.717, 1.165) is 40.8 Å². The Morgan fingerprint density at radius 1 is 1.00 bits per heavy atom. The number of nitrogens with zero attached hydrogens (tertiary/aromatic N) is 2. The van der Waals surface area contributed by atoms with Crippen LogP contribution in [-0.2, 0) is 0 Å². The molecule has 5 heteroatoms. The molecule has 0 fully saturated rings. The second-order valence-electron chi connectivity index (χ2n) is 6.33. The summed E-state index contributed by atoms with van der Waals surface area (Å²) in [4.78, 5) is 7.26. The molecule has 2 aromatic carbocycles. The number of pyridine rings is 1. The van der Waals surface area contributed by atoms with E-state index < -0.39 is 0 Å². The van der Waals surface area contributed by atoms with Crippen LogP contribution in [0.1, 0.15) is 19.4 Å². The summed E-state index contributed by atoms with van der Waals surface area (Å²) in [6.07, 6.45) is 0. The van der Waals surface area contributed by atoms with E-state index in [4.69, 9.17) is 26.1 Å². The van der Waals surface area contributed by atoms with Crippen molar-refractivity contribution < 1.29 is 9.47 Å². The van der Waals surface area contributed by atoms with Gasteiger partial charge in [0, 0.05) is 24.2 Å². The summed E-state index contributed by atoms with van der Waals surface area (Å²) in [7, 11) is 3.27. The standard InChI is InChI=1S/C22H25ClN2O2/c1-6-25(7-2)17-12-11-14(3)21-15(17)13-16(23)22(24-21)20-18(26-4)9-8-10-19(20)27-5/h8-13H,6-7H2,1-5H3. The smallest absolute Gasteiger partial charge is 0.132 e. The fourth-order valence-electron chi connectivity index (χ4n) is 3.46. The van der Waals surface area contributed by atoms with Gasteiger partial charge in [-0.05, 0) is 50.6 Å². The maximum atomic E-state index is 6.72. The molecule has 27 heavy (non-hydrogen) atoms. The fourth-order valence-corrected chi connectivity index (χ4v) is 3.70. The Hall–Kier alpha value is -2.46. The van der Waals surface area contributed by atoms with Gasteiger partial charge in [0.15, 0.2) is 0 Å². The van der Waals surface area contributed by atoms with Crippen molar-refractivity contribution in [2.24, 2.45) is 0 Å². The third-order valence-corrected chi connectivity index (χ3v) is 5.17. The van der Waals surface area contributed by atoms with Gasteiger partial charge in [-0.2, -0.15) is 0 Å². The maximum Gasteiger partial charge on any atom is 0.132 e. The molecular weight excluding hydrogens is 360 g/mol. The summed E-state index contributed by atoms with van der Waals surface area (Å²) in [6, 6.07) is 11.9. The van der Waals surface area contributed by atoms with Crippen LogP contribution >= 0.6 is 11.6 Å². The monoisotopic (exact) mass is 384 g/mol. The van der Waals surface area contributed by atoms with Crippen molar-refractivity contribution in [3.05, 3.63) is 47.0 Å². The molecule has 3 rings (SSSR count). The van der Waals surface area contributed by atoms with Crippen LogP contribution in [0.25, 0.3) is 22.2 Å². The van der Waals surface area contributed by atoms with Gasteiger partial charge in [0.05, 0.1) is 36.0 Å². The zero-order chi connectivity index (χ0) is 19.6. The number of aryl methyl sites for hydroxylation is 1. The van der Waals surface area contributed by atoms with Crippen molar-refractivity contribution in [3.63, 3.8) is 0 Å². The van der Waals surface area contributed by atoms with Gasteiger partial charge in [0.2, 0.25) is 0 Å². The number of methoxy groups -OCH3 is 2. The van der Waals surface area contributed by atoms with Gasteiger partial charge < -0.3 is 14.4 Å². The highest BCUT2D eigenvalue weighted by atomic mass is 35.5. The Labute approximate surface area is 165 Å². The SMILES string of the molecule is CCN(CC)c1ccc(C)c2nc(-c3c(OC)cccc3OC)c(Cl)cc12. The van der Waals surface area contributed by atoms with Crippen LogP contribution in [-0.4, -0.2) is 32.3 Å². The van der Waals surface area contributed by atoms with Crippen molar-refractivity contribution in [3.8, 4) is 22.8 Å². The van der Waals surface area contributed by atoms with Gasteiger partial charge in [-0.3, -0.25) is 0 Å². The molecule has 0 spiro atoms. The van der Waals surface area contributed by atoms with E-state index in [1.54, 1.807) is 14.2 Å². The molecule has 4 nitrogen and oxygen atoms in total. The van der Waals surface area contributed by atoms with E-state index in [9.17, 15) is 0 Å². The average Bonchev–Trinajstić information content (AvgIpc) is 2.69. The number of hydrogen-bond acceptors (Lipinski definition) is 4. The Morgan fingerprint density at radius 2 is 1.63 bits per heavy atom. The number of halogens is 1. The first-order valence-electron chi connectivity index (χ1n) is 9.11. The summed E-state index contributed by atoms with van der Waals surface area (Å²) >= 11 is 6.72. The highest BCUT2D eigenvalue weighted by Gasteiger charge is 2.20. The third kappa shape index (κ3) is 3.42. The predicted molar refractivity (Wildman–Crippen MR) is 114 cm³/mol. The summed E-state index contributed by atoms with van der Waals surface area (Å²) < 4.78 is 11.1. The van der Waals surface area contributed by atoms with Crippen LogP contribution in [0.5, 0.6) is 11.5 Å². The predicted octanol–water partition coefficient (Wildman–Crippen LogP) is 5.73. The van der Waals surface area contributed by atoms with E-state index in [-0.39, 0.29) is 0 Å². The lowest BCUT2D eigenvalue weighted by Gasteiger charge is -2.24. The van der Waals surface area contributed by atoms with Gasteiger partial charge in [-0.15, -0.1) is 0 Å². The second kappa shape index (κ2) is 8.05.